The summed E-state index contributed by atoms with van der Waals surface area (Å²) < 4.78 is 0. The first-order valence-electron chi connectivity index (χ1n) is 7.61. The van der Waals surface area contributed by atoms with Crippen LogP contribution in [0.25, 0.3) is 0 Å². The molecule has 0 aliphatic heterocycles. The van der Waals surface area contributed by atoms with Crippen molar-refractivity contribution < 1.29 is 0 Å². The molecule has 1 N–H and O–H groups in total. The van der Waals surface area contributed by atoms with Crippen molar-refractivity contribution in [1.82, 2.24) is 9.97 Å². The minimum atomic E-state index is 0.502. The van der Waals surface area contributed by atoms with E-state index >= 15 is 0 Å². The van der Waals surface area contributed by atoms with Crippen LogP contribution < -0.4 is 0 Å². The Labute approximate surface area is 122 Å². The van der Waals surface area contributed by atoms with Crippen molar-refractivity contribution in [2.45, 2.75) is 59.8 Å². The Morgan fingerprint density at radius 1 is 1.10 bits per heavy atom. The number of rotatable bonds is 5. The monoisotopic (exact) mass is 270 g/mol. The molecule has 2 nitrogen and oxygen atoms in total. The Balaban J connectivity index is 2.02. The summed E-state index contributed by atoms with van der Waals surface area (Å²) >= 11 is 0. The average molecular weight is 270 g/mol. The van der Waals surface area contributed by atoms with Gasteiger partial charge >= 0.3 is 0 Å². The second-order valence-electron chi connectivity index (χ2n) is 5.94. The molecule has 0 spiro atoms. The van der Waals surface area contributed by atoms with Gasteiger partial charge in [0.25, 0.3) is 0 Å². The molecule has 2 rings (SSSR count). The highest BCUT2D eigenvalue weighted by atomic mass is 14.7. The highest BCUT2D eigenvalue weighted by Gasteiger charge is 2.10. The van der Waals surface area contributed by atoms with Crippen molar-refractivity contribution in [2.24, 2.45) is 0 Å². The van der Waals surface area contributed by atoms with Gasteiger partial charge in [0.1, 0.15) is 0 Å². The lowest BCUT2D eigenvalue weighted by molar-refractivity contribution is 0.651. The molecule has 0 saturated carbocycles. The predicted octanol–water partition coefficient (Wildman–Crippen LogP) is 4.63. The van der Waals surface area contributed by atoms with Crippen LogP contribution in [0.3, 0.4) is 0 Å². The standard InChI is InChI=1S/C18H26N2/c1-6-16-9-14(4)17(20-16)8-7-12(2)18-10-13(3)15(5)11-19-18/h9-12,20H,6-8H2,1-5H3. The second-order valence-corrected chi connectivity index (χ2v) is 5.94. The van der Waals surface area contributed by atoms with Gasteiger partial charge < -0.3 is 4.98 Å². The number of H-pyrrole nitrogens is 1. The summed E-state index contributed by atoms with van der Waals surface area (Å²) in [4.78, 5) is 8.12. The summed E-state index contributed by atoms with van der Waals surface area (Å²) in [5.74, 6) is 0.502. The van der Waals surface area contributed by atoms with Crippen LogP contribution in [-0.2, 0) is 12.8 Å². The van der Waals surface area contributed by atoms with Crippen LogP contribution >= 0.6 is 0 Å². The highest BCUT2D eigenvalue weighted by molar-refractivity contribution is 5.27. The third kappa shape index (κ3) is 3.30. The molecule has 0 aromatic carbocycles. The van der Waals surface area contributed by atoms with E-state index < -0.39 is 0 Å². The van der Waals surface area contributed by atoms with Crippen molar-refractivity contribution in [2.75, 3.05) is 0 Å². The van der Waals surface area contributed by atoms with Crippen LogP contribution in [0.4, 0.5) is 0 Å². The fourth-order valence-electron chi connectivity index (χ4n) is 2.55. The molecule has 0 bridgehead atoms. The molecule has 2 aromatic rings. The van der Waals surface area contributed by atoms with Crippen LogP contribution in [-0.4, -0.2) is 9.97 Å². The summed E-state index contributed by atoms with van der Waals surface area (Å²) in [6.07, 6.45) is 5.31. The van der Waals surface area contributed by atoms with Crippen molar-refractivity contribution in [3.05, 3.63) is 52.1 Å². The summed E-state index contributed by atoms with van der Waals surface area (Å²) in [6, 6.07) is 4.51. The lowest BCUT2D eigenvalue weighted by Crippen LogP contribution is -2.01. The van der Waals surface area contributed by atoms with Crippen LogP contribution in [0.15, 0.2) is 18.3 Å². The molecule has 2 aromatic heterocycles. The van der Waals surface area contributed by atoms with Gasteiger partial charge in [-0.05, 0) is 74.8 Å². The maximum atomic E-state index is 4.58. The van der Waals surface area contributed by atoms with E-state index in [2.05, 4.69) is 56.7 Å². The molecule has 0 fully saturated rings. The summed E-state index contributed by atoms with van der Waals surface area (Å²) in [5.41, 5.74) is 7.95. The minimum absolute atomic E-state index is 0.502. The molecule has 1 atom stereocenters. The molecule has 20 heavy (non-hydrogen) atoms. The highest BCUT2D eigenvalue weighted by Crippen LogP contribution is 2.22. The van der Waals surface area contributed by atoms with E-state index in [4.69, 9.17) is 0 Å². The van der Waals surface area contributed by atoms with E-state index in [1.165, 1.54) is 33.8 Å². The van der Waals surface area contributed by atoms with Gasteiger partial charge in [0, 0.05) is 23.3 Å². The zero-order valence-electron chi connectivity index (χ0n) is 13.4. The smallest absolute Gasteiger partial charge is 0.0434 e. The third-order valence-corrected chi connectivity index (χ3v) is 4.29. The van der Waals surface area contributed by atoms with Crippen LogP contribution in [0, 0.1) is 20.8 Å². The minimum Gasteiger partial charge on any atom is -0.362 e. The largest absolute Gasteiger partial charge is 0.362 e. The number of hydrogen-bond donors (Lipinski definition) is 1. The molecular formula is C18H26N2. The number of aromatic nitrogens is 2. The molecule has 1 unspecified atom stereocenters. The van der Waals surface area contributed by atoms with Crippen molar-refractivity contribution in [1.29, 1.82) is 0 Å². The van der Waals surface area contributed by atoms with Crippen LogP contribution in [0.1, 0.15) is 60.0 Å². The van der Waals surface area contributed by atoms with E-state index in [9.17, 15) is 0 Å². The van der Waals surface area contributed by atoms with E-state index in [0.29, 0.717) is 5.92 Å². The Hall–Kier alpha value is -1.57. The molecule has 0 amide bonds. The lowest BCUT2D eigenvalue weighted by Gasteiger charge is -2.12. The molecule has 0 aliphatic rings. The average Bonchev–Trinajstić information content (AvgIpc) is 2.79. The number of aryl methyl sites for hydroxylation is 5. The summed E-state index contributed by atoms with van der Waals surface area (Å²) in [6.45, 7) is 10.9. The number of aromatic amines is 1. The van der Waals surface area contributed by atoms with Gasteiger partial charge in [-0.2, -0.15) is 0 Å². The van der Waals surface area contributed by atoms with Crippen molar-refractivity contribution in [3.8, 4) is 0 Å². The first-order valence-corrected chi connectivity index (χ1v) is 7.61. The lowest BCUT2D eigenvalue weighted by atomic mass is 9.97. The predicted molar refractivity (Wildman–Crippen MR) is 85.4 cm³/mol. The maximum Gasteiger partial charge on any atom is 0.0434 e. The van der Waals surface area contributed by atoms with Gasteiger partial charge in [0.15, 0.2) is 0 Å². The topological polar surface area (TPSA) is 28.7 Å². The van der Waals surface area contributed by atoms with Crippen molar-refractivity contribution in [3.63, 3.8) is 0 Å². The van der Waals surface area contributed by atoms with Gasteiger partial charge in [-0.15, -0.1) is 0 Å². The molecule has 108 valence electrons. The van der Waals surface area contributed by atoms with Crippen LogP contribution in [0.5, 0.6) is 0 Å². The Morgan fingerprint density at radius 3 is 2.45 bits per heavy atom. The number of hydrogen-bond acceptors (Lipinski definition) is 1. The van der Waals surface area contributed by atoms with Gasteiger partial charge in [-0.1, -0.05) is 13.8 Å². The van der Waals surface area contributed by atoms with E-state index in [1.807, 2.05) is 6.20 Å². The first kappa shape index (κ1) is 14.8. The quantitative estimate of drug-likeness (QED) is 0.843. The number of nitrogens with zero attached hydrogens (tertiary/aromatic N) is 1. The SMILES string of the molecule is CCc1cc(C)c(CCC(C)c2cc(C)c(C)cn2)[nH]1. The third-order valence-electron chi connectivity index (χ3n) is 4.29. The van der Waals surface area contributed by atoms with Gasteiger partial charge in [-0.3, -0.25) is 4.98 Å². The number of pyridine rings is 1. The summed E-state index contributed by atoms with van der Waals surface area (Å²) in [5, 5.41) is 0. The Kier molecular flexibility index (Phi) is 4.64. The Morgan fingerprint density at radius 2 is 1.85 bits per heavy atom. The fourth-order valence-corrected chi connectivity index (χ4v) is 2.55. The molecule has 2 heteroatoms. The zero-order chi connectivity index (χ0) is 14.7. The molecule has 0 aliphatic carbocycles. The van der Waals surface area contributed by atoms with E-state index in [1.54, 1.807) is 0 Å². The molecule has 2 heterocycles. The van der Waals surface area contributed by atoms with Crippen LogP contribution in [0.2, 0.25) is 0 Å². The van der Waals surface area contributed by atoms with E-state index in [0.717, 1.165) is 19.3 Å². The maximum absolute atomic E-state index is 4.58. The fraction of sp³-hybridized carbons (Fsp3) is 0.500. The zero-order valence-corrected chi connectivity index (χ0v) is 13.4. The normalized spacial score (nSPS) is 12.7. The van der Waals surface area contributed by atoms with Gasteiger partial charge in [-0.25, -0.2) is 0 Å². The summed E-state index contributed by atoms with van der Waals surface area (Å²) in [7, 11) is 0. The van der Waals surface area contributed by atoms with Gasteiger partial charge in [0.05, 0.1) is 0 Å². The molecule has 0 saturated heterocycles. The molecular weight excluding hydrogens is 244 g/mol. The van der Waals surface area contributed by atoms with E-state index in [-0.39, 0.29) is 0 Å². The Bertz CT molecular complexity index is 581. The number of nitrogens with one attached hydrogen (secondary N) is 1. The van der Waals surface area contributed by atoms with Crippen molar-refractivity contribution >= 4 is 0 Å². The van der Waals surface area contributed by atoms with Gasteiger partial charge in [0.2, 0.25) is 0 Å². The first-order chi connectivity index (χ1) is 9.51. The second kappa shape index (κ2) is 6.25. The molecule has 0 radical (unpaired) electrons.